The van der Waals surface area contributed by atoms with Crippen molar-refractivity contribution >= 4 is 11.9 Å². The molecular weight excluding hydrogens is 242 g/mol. The van der Waals surface area contributed by atoms with E-state index in [-0.39, 0.29) is 5.91 Å². The number of carboxylic acid groups (broad SMARTS) is 1. The number of carbonyl (C=O) groups excluding carboxylic acids is 1. The molecule has 1 saturated carbocycles. The molecule has 0 bridgehead atoms. The minimum absolute atomic E-state index is 0.157. The van der Waals surface area contributed by atoms with Crippen LogP contribution in [0.2, 0.25) is 0 Å². The van der Waals surface area contributed by atoms with Crippen LogP contribution in [0, 0.1) is 5.92 Å². The number of carbonyl (C=O) groups is 2. The third-order valence-corrected chi connectivity index (χ3v) is 3.39. The molecule has 1 aromatic rings. The van der Waals surface area contributed by atoms with Crippen molar-refractivity contribution in [1.82, 2.24) is 5.32 Å². The van der Waals surface area contributed by atoms with Gasteiger partial charge in [0.25, 0.3) is 0 Å². The van der Waals surface area contributed by atoms with Crippen LogP contribution in [0.15, 0.2) is 30.3 Å². The average molecular weight is 261 g/mol. The lowest BCUT2D eigenvalue weighted by atomic mass is 10.1. The SMILES string of the molecule is O=C(CCC1CC1)N[C@H](Cc1ccccc1)C(=O)O. The Morgan fingerprint density at radius 1 is 1.26 bits per heavy atom. The summed E-state index contributed by atoms with van der Waals surface area (Å²) in [4.78, 5) is 22.9. The summed E-state index contributed by atoms with van der Waals surface area (Å²) in [6.45, 7) is 0. The van der Waals surface area contributed by atoms with Gasteiger partial charge >= 0.3 is 5.97 Å². The second kappa shape index (κ2) is 6.36. The monoisotopic (exact) mass is 261 g/mol. The summed E-state index contributed by atoms with van der Waals surface area (Å²) in [6.07, 6.45) is 4.05. The lowest BCUT2D eigenvalue weighted by molar-refractivity contribution is -0.141. The first-order chi connectivity index (χ1) is 9.15. The first kappa shape index (κ1) is 13.6. The van der Waals surface area contributed by atoms with Crippen LogP contribution in [-0.4, -0.2) is 23.0 Å². The molecule has 0 spiro atoms. The van der Waals surface area contributed by atoms with Crippen molar-refractivity contribution in [3.63, 3.8) is 0 Å². The van der Waals surface area contributed by atoms with Crippen LogP contribution in [0.5, 0.6) is 0 Å². The normalized spacial score (nSPS) is 15.8. The van der Waals surface area contributed by atoms with Gasteiger partial charge in [-0.05, 0) is 17.9 Å². The van der Waals surface area contributed by atoms with Crippen LogP contribution in [0.4, 0.5) is 0 Å². The van der Waals surface area contributed by atoms with Crippen molar-refractivity contribution in [2.75, 3.05) is 0 Å². The van der Waals surface area contributed by atoms with Crippen molar-refractivity contribution in [3.05, 3.63) is 35.9 Å². The van der Waals surface area contributed by atoms with Gasteiger partial charge in [0.2, 0.25) is 5.91 Å². The lowest BCUT2D eigenvalue weighted by Gasteiger charge is -2.14. The molecule has 0 radical (unpaired) electrons. The topological polar surface area (TPSA) is 66.4 Å². The Bertz CT molecular complexity index is 440. The van der Waals surface area contributed by atoms with Gasteiger partial charge in [0.15, 0.2) is 0 Å². The zero-order chi connectivity index (χ0) is 13.7. The Kier molecular flexibility index (Phi) is 4.55. The molecular formula is C15H19NO3. The zero-order valence-corrected chi connectivity index (χ0v) is 10.8. The third kappa shape index (κ3) is 4.73. The summed E-state index contributed by atoms with van der Waals surface area (Å²) in [5, 5.41) is 11.8. The van der Waals surface area contributed by atoms with Crippen LogP contribution >= 0.6 is 0 Å². The third-order valence-electron chi connectivity index (χ3n) is 3.39. The maximum atomic E-state index is 11.7. The smallest absolute Gasteiger partial charge is 0.326 e. The Morgan fingerprint density at radius 2 is 1.95 bits per heavy atom. The van der Waals surface area contributed by atoms with E-state index < -0.39 is 12.0 Å². The standard InChI is InChI=1S/C15H19NO3/c17-14(9-8-11-6-7-11)16-13(15(18)19)10-12-4-2-1-3-5-12/h1-5,11,13H,6-10H2,(H,16,17)(H,18,19)/t13-/m1/s1. The molecule has 19 heavy (non-hydrogen) atoms. The molecule has 1 amide bonds. The van der Waals surface area contributed by atoms with E-state index in [1.54, 1.807) is 0 Å². The van der Waals surface area contributed by atoms with E-state index in [0.717, 1.165) is 12.0 Å². The zero-order valence-electron chi connectivity index (χ0n) is 10.8. The van der Waals surface area contributed by atoms with Gasteiger partial charge in [-0.25, -0.2) is 4.79 Å². The van der Waals surface area contributed by atoms with E-state index in [0.29, 0.717) is 18.8 Å². The predicted molar refractivity (Wildman–Crippen MR) is 71.7 cm³/mol. The lowest BCUT2D eigenvalue weighted by Crippen LogP contribution is -2.42. The Balaban J connectivity index is 1.84. The van der Waals surface area contributed by atoms with Gasteiger partial charge in [0.05, 0.1) is 0 Å². The Hall–Kier alpha value is -1.84. The highest BCUT2D eigenvalue weighted by molar-refractivity contribution is 5.83. The van der Waals surface area contributed by atoms with Crippen LogP contribution < -0.4 is 5.32 Å². The molecule has 1 fully saturated rings. The molecule has 0 aromatic heterocycles. The molecule has 0 unspecified atom stereocenters. The molecule has 2 N–H and O–H groups in total. The van der Waals surface area contributed by atoms with Gasteiger partial charge in [-0.15, -0.1) is 0 Å². The van der Waals surface area contributed by atoms with Crippen LogP contribution in [0.1, 0.15) is 31.2 Å². The van der Waals surface area contributed by atoms with Crippen LogP contribution in [-0.2, 0) is 16.0 Å². The molecule has 1 atom stereocenters. The maximum Gasteiger partial charge on any atom is 0.326 e. The highest BCUT2D eigenvalue weighted by Gasteiger charge is 2.24. The molecule has 1 aliphatic rings. The number of aliphatic carboxylic acids is 1. The number of amides is 1. The summed E-state index contributed by atoms with van der Waals surface area (Å²) in [5.74, 6) is -0.456. The van der Waals surface area contributed by atoms with E-state index in [1.807, 2.05) is 30.3 Å². The van der Waals surface area contributed by atoms with Gasteiger partial charge in [-0.1, -0.05) is 43.2 Å². The minimum atomic E-state index is -0.983. The van der Waals surface area contributed by atoms with E-state index in [2.05, 4.69) is 5.32 Å². The summed E-state index contributed by atoms with van der Waals surface area (Å²) in [6, 6.07) is 8.51. The number of nitrogens with one attached hydrogen (secondary N) is 1. The van der Waals surface area contributed by atoms with Gasteiger partial charge in [0, 0.05) is 12.8 Å². The summed E-state index contributed by atoms with van der Waals surface area (Å²) >= 11 is 0. The average Bonchev–Trinajstić information content (AvgIpc) is 3.21. The van der Waals surface area contributed by atoms with Gasteiger partial charge in [-0.2, -0.15) is 0 Å². The number of benzene rings is 1. The highest BCUT2D eigenvalue weighted by Crippen LogP contribution is 2.33. The molecule has 0 saturated heterocycles. The predicted octanol–water partition coefficient (Wildman–Crippen LogP) is 1.99. The Morgan fingerprint density at radius 3 is 2.53 bits per heavy atom. The molecule has 102 valence electrons. The molecule has 1 aromatic carbocycles. The number of carboxylic acids is 1. The first-order valence-corrected chi connectivity index (χ1v) is 6.71. The van der Waals surface area contributed by atoms with Crippen LogP contribution in [0.3, 0.4) is 0 Å². The molecule has 1 aliphatic carbocycles. The maximum absolute atomic E-state index is 11.7. The first-order valence-electron chi connectivity index (χ1n) is 6.71. The second-order valence-corrected chi connectivity index (χ2v) is 5.13. The number of rotatable bonds is 7. The van der Waals surface area contributed by atoms with E-state index >= 15 is 0 Å². The van der Waals surface area contributed by atoms with Gasteiger partial charge < -0.3 is 10.4 Å². The summed E-state index contributed by atoms with van der Waals surface area (Å²) in [7, 11) is 0. The van der Waals surface area contributed by atoms with Gasteiger partial charge in [0.1, 0.15) is 6.04 Å². The van der Waals surface area contributed by atoms with Crippen molar-refractivity contribution in [1.29, 1.82) is 0 Å². The van der Waals surface area contributed by atoms with Crippen LogP contribution in [0.25, 0.3) is 0 Å². The fraction of sp³-hybridized carbons (Fsp3) is 0.467. The fourth-order valence-electron chi connectivity index (χ4n) is 2.06. The minimum Gasteiger partial charge on any atom is -0.480 e. The van der Waals surface area contributed by atoms with E-state index in [4.69, 9.17) is 5.11 Å². The molecule has 0 aliphatic heterocycles. The quantitative estimate of drug-likeness (QED) is 0.788. The largest absolute Gasteiger partial charge is 0.480 e. The van der Waals surface area contributed by atoms with Crippen molar-refractivity contribution in [3.8, 4) is 0 Å². The molecule has 2 rings (SSSR count). The van der Waals surface area contributed by atoms with E-state index in [9.17, 15) is 9.59 Å². The molecule has 4 nitrogen and oxygen atoms in total. The highest BCUT2D eigenvalue weighted by atomic mass is 16.4. The molecule has 0 heterocycles. The second-order valence-electron chi connectivity index (χ2n) is 5.13. The molecule has 4 heteroatoms. The number of hydrogen-bond acceptors (Lipinski definition) is 2. The Labute approximate surface area is 112 Å². The van der Waals surface area contributed by atoms with E-state index in [1.165, 1.54) is 12.8 Å². The van der Waals surface area contributed by atoms with Crippen molar-refractivity contribution < 1.29 is 14.7 Å². The number of hydrogen-bond donors (Lipinski definition) is 2. The van der Waals surface area contributed by atoms with Gasteiger partial charge in [-0.3, -0.25) is 4.79 Å². The van der Waals surface area contributed by atoms with Crippen molar-refractivity contribution in [2.24, 2.45) is 5.92 Å². The van der Waals surface area contributed by atoms with Crippen molar-refractivity contribution in [2.45, 2.75) is 38.1 Å². The fourth-order valence-corrected chi connectivity index (χ4v) is 2.06. The summed E-state index contributed by atoms with van der Waals surface area (Å²) in [5.41, 5.74) is 0.914. The summed E-state index contributed by atoms with van der Waals surface area (Å²) < 4.78 is 0.